The number of hydrogen-bond donors (Lipinski definition) is 1. The average Bonchev–Trinajstić information content (AvgIpc) is 3.15. The molecule has 2 aromatic carbocycles. The molecule has 1 atom stereocenters. The molecule has 1 fully saturated rings. The van der Waals surface area contributed by atoms with Crippen LogP contribution in [0.5, 0.6) is 5.75 Å². The van der Waals surface area contributed by atoms with Gasteiger partial charge in [-0.15, -0.1) is 0 Å². The molecule has 1 aliphatic carbocycles. The van der Waals surface area contributed by atoms with E-state index in [4.69, 9.17) is 4.74 Å². The molecule has 1 saturated carbocycles. The van der Waals surface area contributed by atoms with E-state index in [9.17, 15) is 4.79 Å². The Morgan fingerprint density at radius 1 is 1.11 bits per heavy atom. The third kappa shape index (κ3) is 4.18. The molecule has 3 nitrogen and oxygen atoms in total. The van der Waals surface area contributed by atoms with Crippen molar-refractivity contribution in [2.24, 2.45) is 0 Å². The van der Waals surface area contributed by atoms with E-state index in [-0.39, 0.29) is 12.0 Å². The molecule has 2 aromatic rings. The number of amides is 1. The van der Waals surface area contributed by atoms with Crippen molar-refractivity contribution in [1.29, 1.82) is 0 Å². The summed E-state index contributed by atoms with van der Waals surface area (Å²) in [6.07, 6.45) is 5.18. The smallest absolute Gasteiger partial charge is 0.235 e. The fourth-order valence-corrected chi connectivity index (χ4v) is 3.91. The second kappa shape index (κ2) is 8.16. The van der Waals surface area contributed by atoms with Crippen molar-refractivity contribution in [2.45, 2.75) is 71.3 Å². The Morgan fingerprint density at radius 3 is 2.37 bits per heavy atom. The third-order valence-electron chi connectivity index (χ3n) is 5.83. The highest BCUT2D eigenvalue weighted by Gasteiger charge is 2.42. The van der Waals surface area contributed by atoms with E-state index in [0.29, 0.717) is 0 Å². The summed E-state index contributed by atoms with van der Waals surface area (Å²) in [5, 5.41) is 3.18. The van der Waals surface area contributed by atoms with E-state index in [1.54, 1.807) is 0 Å². The van der Waals surface area contributed by atoms with Crippen LogP contribution in [0.25, 0.3) is 0 Å². The van der Waals surface area contributed by atoms with Crippen molar-refractivity contribution in [2.75, 3.05) is 5.32 Å². The lowest BCUT2D eigenvalue weighted by Gasteiger charge is -2.28. The van der Waals surface area contributed by atoms with Crippen LogP contribution in [0.1, 0.15) is 62.6 Å². The molecule has 3 heteroatoms. The van der Waals surface area contributed by atoms with Gasteiger partial charge in [0.05, 0.1) is 11.5 Å². The van der Waals surface area contributed by atoms with E-state index in [0.717, 1.165) is 54.7 Å². The van der Waals surface area contributed by atoms with Crippen LogP contribution in [0, 0.1) is 13.8 Å². The molecule has 0 aliphatic heterocycles. The predicted octanol–water partition coefficient (Wildman–Crippen LogP) is 5.93. The minimum Gasteiger partial charge on any atom is -0.490 e. The van der Waals surface area contributed by atoms with E-state index in [2.05, 4.69) is 50.4 Å². The number of nitrogens with one attached hydrogen (secondary N) is 1. The van der Waals surface area contributed by atoms with Gasteiger partial charge in [-0.1, -0.05) is 49.6 Å². The van der Waals surface area contributed by atoms with E-state index in [1.165, 1.54) is 5.56 Å². The second-order valence-corrected chi connectivity index (χ2v) is 7.93. The van der Waals surface area contributed by atoms with Gasteiger partial charge in [0, 0.05) is 5.69 Å². The van der Waals surface area contributed by atoms with Gasteiger partial charge in [-0.2, -0.15) is 0 Å². The van der Waals surface area contributed by atoms with Gasteiger partial charge in [0.2, 0.25) is 5.91 Å². The molecule has 1 aliphatic rings. The normalized spacial score (nSPS) is 16.7. The number of anilines is 1. The molecule has 0 heterocycles. The van der Waals surface area contributed by atoms with Gasteiger partial charge >= 0.3 is 0 Å². The fraction of sp³-hybridized carbons (Fsp3) is 0.458. The molecule has 3 rings (SSSR count). The zero-order valence-electron chi connectivity index (χ0n) is 17.0. The Bertz CT molecular complexity index is 789. The van der Waals surface area contributed by atoms with Crippen LogP contribution in [0.3, 0.4) is 0 Å². The zero-order chi connectivity index (χ0) is 19.4. The first kappa shape index (κ1) is 19.5. The number of ether oxygens (including phenoxy) is 1. The Hall–Kier alpha value is -2.29. The molecular weight excluding hydrogens is 334 g/mol. The van der Waals surface area contributed by atoms with Gasteiger partial charge in [0.15, 0.2) is 0 Å². The molecule has 1 amide bonds. The monoisotopic (exact) mass is 365 g/mol. The molecule has 1 N–H and O–H groups in total. The maximum absolute atomic E-state index is 13.3. The van der Waals surface area contributed by atoms with Crippen LogP contribution in [-0.4, -0.2) is 12.0 Å². The Morgan fingerprint density at radius 2 is 1.78 bits per heavy atom. The largest absolute Gasteiger partial charge is 0.490 e. The quantitative estimate of drug-likeness (QED) is 0.689. The van der Waals surface area contributed by atoms with Crippen LogP contribution >= 0.6 is 0 Å². The minimum atomic E-state index is -0.409. The highest BCUT2D eigenvalue weighted by Crippen LogP contribution is 2.42. The summed E-state index contributed by atoms with van der Waals surface area (Å²) in [6, 6.07) is 14.4. The van der Waals surface area contributed by atoms with Crippen LogP contribution < -0.4 is 10.1 Å². The maximum Gasteiger partial charge on any atom is 0.235 e. The number of carbonyl (C=O) groups is 1. The van der Waals surface area contributed by atoms with Crippen molar-refractivity contribution < 1.29 is 9.53 Å². The molecule has 0 unspecified atom stereocenters. The lowest BCUT2D eigenvalue weighted by atomic mass is 9.77. The molecule has 144 valence electrons. The van der Waals surface area contributed by atoms with Crippen molar-refractivity contribution in [1.82, 2.24) is 0 Å². The molecular formula is C24H31NO2. The molecule has 0 bridgehead atoms. The lowest BCUT2D eigenvalue weighted by Crippen LogP contribution is -2.38. The summed E-state index contributed by atoms with van der Waals surface area (Å²) < 4.78 is 5.94. The average molecular weight is 366 g/mol. The third-order valence-corrected chi connectivity index (χ3v) is 5.83. The van der Waals surface area contributed by atoms with E-state index >= 15 is 0 Å². The number of rotatable bonds is 6. The summed E-state index contributed by atoms with van der Waals surface area (Å²) in [4.78, 5) is 13.3. The number of hydrogen-bond acceptors (Lipinski definition) is 2. The molecule has 0 radical (unpaired) electrons. The molecule has 0 aromatic heterocycles. The summed E-state index contributed by atoms with van der Waals surface area (Å²) in [6.45, 7) is 8.29. The van der Waals surface area contributed by atoms with E-state index in [1.807, 2.05) is 25.1 Å². The summed E-state index contributed by atoms with van der Waals surface area (Å²) >= 11 is 0. The second-order valence-electron chi connectivity index (χ2n) is 7.93. The highest BCUT2D eigenvalue weighted by atomic mass is 16.5. The zero-order valence-corrected chi connectivity index (χ0v) is 17.0. The van der Waals surface area contributed by atoms with Gasteiger partial charge in [0.1, 0.15) is 5.75 Å². The SMILES string of the molecule is CC[C@@H](C)Oc1ccc(NC(=O)C2(c3ccc(C)cc3)CCCC2)cc1C. The topological polar surface area (TPSA) is 38.3 Å². The van der Waals surface area contributed by atoms with Crippen LogP contribution in [-0.2, 0) is 10.2 Å². The standard InChI is InChI=1S/C24H31NO2/c1-5-19(4)27-22-13-12-21(16-18(22)3)25-23(26)24(14-6-7-15-24)20-10-8-17(2)9-11-20/h8-13,16,19H,5-7,14-15H2,1-4H3,(H,25,26)/t19-/m1/s1. The highest BCUT2D eigenvalue weighted by molar-refractivity contribution is 5.99. The first-order valence-corrected chi connectivity index (χ1v) is 10.1. The Balaban J connectivity index is 1.80. The van der Waals surface area contributed by atoms with Crippen LogP contribution in [0.4, 0.5) is 5.69 Å². The Kier molecular flexibility index (Phi) is 5.88. The van der Waals surface area contributed by atoms with Crippen molar-refractivity contribution >= 4 is 11.6 Å². The van der Waals surface area contributed by atoms with Crippen LogP contribution in [0.15, 0.2) is 42.5 Å². The van der Waals surface area contributed by atoms with E-state index < -0.39 is 5.41 Å². The van der Waals surface area contributed by atoms with Gasteiger partial charge in [-0.05, 0) is 69.4 Å². The molecule has 0 saturated heterocycles. The van der Waals surface area contributed by atoms with Crippen molar-refractivity contribution in [3.05, 3.63) is 59.2 Å². The predicted molar refractivity (Wildman–Crippen MR) is 112 cm³/mol. The Labute approximate surface area is 163 Å². The lowest BCUT2D eigenvalue weighted by molar-refractivity contribution is -0.121. The summed E-state index contributed by atoms with van der Waals surface area (Å²) in [5.74, 6) is 0.996. The first-order chi connectivity index (χ1) is 12.9. The number of carbonyl (C=O) groups excluding carboxylic acids is 1. The molecule has 27 heavy (non-hydrogen) atoms. The first-order valence-electron chi connectivity index (χ1n) is 10.1. The minimum absolute atomic E-state index is 0.110. The number of benzene rings is 2. The summed E-state index contributed by atoms with van der Waals surface area (Å²) in [7, 11) is 0. The maximum atomic E-state index is 13.3. The van der Waals surface area contributed by atoms with Gasteiger partial charge in [0.25, 0.3) is 0 Å². The van der Waals surface area contributed by atoms with Crippen molar-refractivity contribution in [3.63, 3.8) is 0 Å². The fourth-order valence-electron chi connectivity index (χ4n) is 3.91. The van der Waals surface area contributed by atoms with Crippen LogP contribution in [0.2, 0.25) is 0 Å². The van der Waals surface area contributed by atoms with Crippen molar-refractivity contribution in [3.8, 4) is 5.75 Å². The van der Waals surface area contributed by atoms with Gasteiger partial charge in [-0.25, -0.2) is 0 Å². The van der Waals surface area contributed by atoms with Gasteiger partial charge in [-0.3, -0.25) is 4.79 Å². The van der Waals surface area contributed by atoms with Gasteiger partial charge < -0.3 is 10.1 Å². The summed E-state index contributed by atoms with van der Waals surface area (Å²) in [5.41, 5.74) is 3.83. The number of aryl methyl sites for hydroxylation is 2. The molecule has 0 spiro atoms.